The first kappa shape index (κ1) is 16.5. The third-order valence-electron chi connectivity index (χ3n) is 5.89. The maximum atomic E-state index is 12.9. The Morgan fingerprint density at radius 2 is 1.88 bits per heavy atom. The fraction of sp³-hybridized carbons (Fsp3) is 0.789. The van der Waals surface area contributed by atoms with E-state index in [1.807, 2.05) is 11.8 Å². The van der Waals surface area contributed by atoms with Crippen molar-refractivity contribution in [2.75, 3.05) is 19.6 Å². The predicted octanol–water partition coefficient (Wildman–Crippen LogP) is 3.71. The molecule has 5 heteroatoms. The third-order valence-corrected chi connectivity index (χ3v) is 7.19. The summed E-state index contributed by atoms with van der Waals surface area (Å²) in [5, 5.41) is 4.89. The minimum atomic E-state index is 0.217. The SMILES string of the molecule is Cc1nc(C2CCCC2)sc1C(=O)N1CCC(NCC2CC2)CC1. The van der Waals surface area contributed by atoms with Crippen LogP contribution in [0, 0.1) is 12.8 Å². The fourth-order valence-electron chi connectivity index (χ4n) is 4.05. The number of hydrogen-bond donors (Lipinski definition) is 1. The lowest BCUT2D eigenvalue weighted by molar-refractivity contribution is 0.0709. The number of amides is 1. The molecule has 0 atom stereocenters. The molecular formula is C19H29N3OS. The molecular weight excluding hydrogens is 318 g/mol. The van der Waals surface area contributed by atoms with Crippen molar-refractivity contribution in [1.29, 1.82) is 0 Å². The molecule has 0 unspecified atom stereocenters. The molecule has 0 bridgehead atoms. The van der Waals surface area contributed by atoms with Gasteiger partial charge in [0.05, 0.1) is 10.7 Å². The minimum absolute atomic E-state index is 0.217. The molecule has 0 aromatic carbocycles. The number of hydrogen-bond acceptors (Lipinski definition) is 4. The maximum Gasteiger partial charge on any atom is 0.265 e. The van der Waals surface area contributed by atoms with Gasteiger partial charge in [0.1, 0.15) is 4.88 Å². The highest BCUT2D eigenvalue weighted by Crippen LogP contribution is 2.37. The summed E-state index contributed by atoms with van der Waals surface area (Å²) in [6.07, 6.45) is 10.1. The number of thiazole rings is 1. The van der Waals surface area contributed by atoms with E-state index in [4.69, 9.17) is 4.98 Å². The van der Waals surface area contributed by atoms with Crippen LogP contribution in [0.4, 0.5) is 0 Å². The molecule has 1 amide bonds. The molecule has 24 heavy (non-hydrogen) atoms. The van der Waals surface area contributed by atoms with Gasteiger partial charge in [-0.25, -0.2) is 4.98 Å². The molecule has 4 nitrogen and oxygen atoms in total. The molecule has 3 aliphatic rings. The van der Waals surface area contributed by atoms with E-state index in [1.165, 1.54) is 50.1 Å². The zero-order chi connectivity index (χ0) is 16.5. The van der Waals surface area contributed by atoms with Crippen LogP contribution in [-0.2, 0) is 0 Å². The second kappa shape index (κ2) is 7.12. The van der Waals surface area contributed by atoms with E-state index in [0.29, 0.717) is 12.0 Å². The van der Waals surface area contributed by atoms with Crippen LogP contribution in [0.3, 0.4) is 0 Å². The minimum Gasteiger partial charge on any atom is -0.338 e. The van der Waals surface area contributed by atoms with E-state index in [2.05, 4.69) is 5.32 Å². The van der Waals surface area contributed by atoms with E-state index in [9.17, 15) is 4.79 Å². The smallest absolute Gasteiger partial charge is 0.265 e. The quantitative estimate of drug-likeness (QED) is 0.883. The highest BCUT2D eigenvalue weighted by atomic mass is 32.1. The molecule has 3 fully saturated rings. The van der Waals surface area contributed by atoms with E-state index in [0.717, 1.165) is 42.4 Å². The first-order valence-electron chi connectivity index (χ1n) is 9.70. The van der Waals surface area contributed by atoms with Crippen LogP contribution in [0.5, 0.6) is 0 Å². The molecule has 4 rings (SSSR count). The van der Waals surface area contributed by atoms with Gasteiger partial charge in [0.2, 0.25) is 0 Å². The van der Waals surface area contributed by atoms with Gasteiger partial charge in [0.15, 0.2) is 0 Å². The van der Waals surface area contributed by atoms with Crippen LogP contribution >= 0.6 is 11.3 Å². The van der Waals surface area contributed by atoms with Crippen molar-refractivity contribution < 1.29 is 4.79 Å². The number of piperidine rings is 1. The Morgan fingerprint density at radius 3 is 2.54 bits per heavy atom. The molecule has 1 aromatic rings. The number of likely N-dealkylation sites (tertiary alicyclic amines) is 1. The Bertz CT molecular complexity index is 581. The monoisotopic (exact) mass is 347 g/mol. The zero-order valence-electron chi connectivity index (χ0n) is 14.7. The van der Waals surface area contributed by atoms with Crippen LogP contribution in [0.2, 0.25) is 0 Å². The van der Waals surface area contributed by atoms with E-state index in [1.54, 1.807) is 11.3 Å². The number of aromatic nitrogens is 1. The zero-order valence-corrected chi connectivity index (χ0v) is 15.5. The molecule has 132 valence electrons. The van der Waals surface area contributed by atoms with Crippen molar-refractivity contribution in [2.24, 2.45) is 5.92 Å². The highest BCUT2D eigenvalue weighted by Gasteiger charge is 2.29. The van der Waals surface area contributed by atoms with Gasteiger partial charge in [0, 0.05) is 25.0 Å². The van der Waals surface area contributed by atoms with Crippen LogP contribution in [0.15, 0.2) is 0 Å². The summed E-state index contributed by atoms with van der Waals surface area (Å²) in [5.41, 5.74) is 0.945. The average molecular weight is 348 g/mol. The van der Waals surface area contributed by atoms with Gasteiger partial charge in [-0.15, -0.1) is 11.3 Å². The highest BCUT2D eigenvalue weighted by molar-refractivity contribution is 7.13. The molecule has 2 aliphatic carbocycles. The van der Waals surface area contributed by atoms with E-state index < -0.39 is 0 Å². The Balaban J connectivity index is 1.34. The summed E-state index contributed by atoms with van der Waals surface area (Å²) in [5.74, 6) is 1.75. The number of aryl methyl sites for hydroxylation is 1. The number of carbonyl (C=O) groups is 1. The molecule has 2 saturated carbocycles. The third kappa shape index (κ3) is 3.67. The topological polar surface area (TPSA) is 45.2 Å². The van der Waals surface area contributed by atoms with Crippen LogP contribution in [-0.4, -0.2) is 41.5 Å². The van der Waals surface area contributed by atoms with Gasteiger partial charge in [-0.3, -0.25) is 4.79 Å². The molecule has 1 N–H and O–H groups in total. The standard InChI is InChI=1S/C19H29N3OS/c1-13-17(24-18(21-13)15-4-2-3-5-15)19(23)22-10-8-16(9-11-22)20-12-14-6-7-14/h14-16,20H,2-12H2,1H3. The summed E-state index contributed by atoms with van der Waals surface area (Å²) in [6, 6.07) is 0.603. The van der Waals surface area contributed by atoms with Crippen molar-refractivity contribution in [3.05, 3.63) is 15.6 Å². The van der Waals surface area contributed by atoms with Crippen molar-refractivity contribution in [1.82, 2.24) is 15.2 Å². The summed E-state index contributed by atoms with van der Waals surface area (Å²) < 4.78 is 0. The van der Waals surface area contributed by atoms with Gasteiger partial charge in [0.25, 0.3) is 5.91 Å². The Labute approximate surface area is 149 Å². The number of nitrogens with zero attached hydrogens (tertiary/aromatic N) is 2. The number of rotatable bonds is 5. The van der Waals surface area contributed by atoms with E-state index in [-0.39, 0.29) is 5.91 Å². The van der Waals surface area contributed by atoms with Crippen LogP contribution < -0.4 is 5.32 Å². The molecule has 0 spiro atoms. The van der Waals surface area contributed by atoms with Gasteiger partial charge < -0.3 is 10.2 Å². The summed E-state index contributed by atoms with van der Waals surface area (Å²) in [7, 11) is 0. The average Bonchev–Trinajstić information content (AvgIpc) is 3.10. The number of nitrogens with one attached hydrogen (secondary N) is 1. The normalized spacial score (nSPS) is 23.1. The lowest BCUT2D eigenvalue weighted by Gasteiger charge is -2.32. The second-order valence-corrected chi connectivity index (χ2v) is 8.90. The lowest BCUT2D eigenvalue weighted by Crippen LogP contribution is -2.45. The van der Waals surface area contributed by atoms with Crippen LogP contribution in [0.1, 0.15) is 77.7 Å². The predicted molar refractivity (Wildman–Crippen MR) is 97.7 cm³/mol. The Morgan fingerprint density at radius 1 is 1.17 bits per heavy atom. The number of carbonyl (C=O) groups excluding carboxylic acids is 1. The second-order valence-electron chi connectivity index (χ2n) is 7.87. The first-order valence-corrected chi connectivity index (χ1v) is 10.5. The van der Waals surface area contributed by atoms with Crippen molar-refractivity contribution >= 4 is 17.2 Å². The van der Waals surface area contributed by atoms with E-state index >= 15 is 0 Å². The van der Waals surface area contributed by atoms with Gasteiger partial charge in [-0.05, 0) is 57.9 Å². The maximum absolute atomic E-state index is 12.9. The molecule has 2 heterocycles. The molecule has 1 aromatic heterocycles. The van der Waals surface area contributed by atoms with Gasteiger partial charge in [-0.2, -0.15) is 0 Å². The summed E-state index contributed by atoms with van der Waals surface area (Å²) >= 11 is 1.66. The molecule has 1 aliphatic heterocycles. The van der Waals surface area contributed by atoms with Gasteiger partial charge in [-0.1, -0.05) is 12.8 Å². The lowest BCUT2D eigenvalue weighted by atomic mass is 10.0. The molecule has 0 radical (unpaired) electrons. The Kier molecular flexibility index (Phi) is 4.90. The van der Waals surface area contributed by atoms with Crippen molar-refractivity contribution in [3.8, 4) is 0 Å². The van der Waals surface area contributed by atoms with Crippen molar-refractivity contribution in [3.63, 3.8) is 0 Å². The summed E-state index contributed by atoms with van der Waals surface area (Å²) in [6.45, 7) is 4.96. The summed E-state index contributed by atoms with van der Waals surface area (Å²) in [4.78, 5) is 20.6. The Hall–Kier alpha value is -0.940. The molecule has 1 saturated heterocycles. The van der Waals surface area contributed by atoms with Crippen molar-refractivity contribution in [2.45, 2.75) is 70.3 Å². The largest absolute Gasteiger partial charge is 0.338 e. The first-order chi connectivity index (χ1) is 11.7. The fourth-order valence-corrected chi connectivity index (χ4v) is 5.25. The van der Waals surface area contributed by atoms with Gasteiger partial charge >= 0.3 is 0 Å². The van der Waals surface area contributed by atoms with Crippen LogP contribution in [0.25, 0.3) is 0 Å².